The van der Waals surface area contributed by atoms with E-state index in [4.69, 9.17) is 11.6 Å². The lowest BCUT2D eigenvalue weighted by Crippen LogP contribution is -2.23. The van der Waals surface area contributed by atoms with Gasteiger partial charge < -0.3 is 0 Å². The van der Waals surface area contributed by atoms with E-state index in [-0.39, 0.29) is 11.3 Å². The fourth-order valence-electron chi connectivity index (χ4n) is 2.30. The van der Waals surface area contributed by atoms with Gasteiger partial charge in [0.25, 0.3) is 0 Å². The van der Waals surface area contributed by atoms with Crippen LogP contribution in [0.3, 0.4) is 0 Å². The van der Waals surface area contributed by atoms with E-state index in [1.54, 1.807) is 0 Å². The molecule has 1 saturated heterocycles. The monoisotopic (exact) mass is 265 g/mol. The van der Waals surface area contributed by atoms with Crippen LogP contribution in [0.4, 0.5) is 0 Å². The first-order valence-electron chi connectivity index (χ1n) is 5.90. The van der Waals surface area contributed by atoms with Crippen LogP contribution in [0.25, 0.3) is 0 Å². The first-order valence-corrected chi connectivity index (χ1v) is 6.34. The van der Waals surface area contributed by atoms with Crippen molar-refractivity contribution in [2.75, 3.05) is 0 Å². The highest BCUT2D eigenvalue weighted by atomic mass is 35.5. The third kappa shape index (κ3) is 2.15. The molecule has 1 fully saturated rings. The Kier molecular flexibility index (Phi) is 3.20. The highest BCUT2D eigenvalue weighted by molar-refractivity contribution is 6.37. The van der Waals surface area contributed by atoms with Crippen LogP contribution >= 0.6 is 11.6 Å². The summed E-state index contributed by atoms with van der Waals surface area (Å²) in [6, 6.07) is 7.65. The Bertz CT molecular complexity index is 505. The van der Waals surface area contributed by atoms with E-state index in [1.165, 1.54) is 0 Å². The van der Waals surface area contributed by atoms with Crippen LogP contribution in [0.2, 0.25) is 0 Å². The number of rotatable bonds is 1. The molecule has 0 aromatic heterocycles. The third-order valence-electron chi connectivity index (χ3n) is 3.18. The number of imide groups is 1. The van der Waals surface area contributed by atoms with E-state index >= 15 is 0 Å². The Morgan fingerprint density at radius 2 is 1.72 bits per heavy atom. The summed E-state index contributed by atoms with van der Waals surface area (Å²) in [6.07, 6.45) is 0. The summed E-state index contributed by atoms with van der Waals surface area (Å²) in [5, 5.41) is 1.47. The number of amides is 2. The van der Waals surface area contributed by atoms with Gasteiger partial charge in [-0.1, -0.05) is 45.0 Å². The Balaban J connectivity index is 2.52. The van der Waals surface area contributed by atoms with Gasteiger partial charge in [0.05, 0.1) is 5.92 Å². The smallest absolute Gasteiger partial charge is 0.245 e. The number of hydrogen-bond donors (Lipinski definition) is 1. The highest BCUT2D eigenvalue weighted by Gasteiger charge is 2.43. The Morgan fingerprint density at radius 1 is 1.11 bits per heavy atom. The summed E-state index contributed by atoms with van der Waals surface area (Å²) in [6.45, 7) is 6.22. The molecule has 2 atom stereocenters. The summed E-state index contributed by atoms with van der Waals surface area (Å²) in [5.74, 6) is -1.30. The standard InChI is InChI=1S/C14H16ClNO2/c1-14(2,3)9-7-5-4-6-8(9)10-11(15)13(18)16-12(10)17/h4-7,10-11H,1-3H3,(H,16,17,18). The van der Waals surface area contributed by atoms with Crippen molar-refractivity contribution in [1.82, 2.24) is 5.32 Å². The van der Waals surface area contributed by atoms with Crippen LogP contribution in [-0.4, -0.2) is 17.2 Å². The molecule has 0 radical (unpaired) electrons. The van der Waals surface area contributed by atoms with Crippen molar-refractivity contribution >= 4 is 23.4 Å². The minimum absolute atomic E-state index is 0.0981. The van der Waals surface area contributed by atoms with Crippen molar-refractivity contribution in [3.05, 3.63) is 35.4 Å². The molecule has 1 aromatic rings. The SMILES string of the molecule is CC(C)(C)c1ccccc1C1C(=O)NC(=O)C1Cl. The maximum atomic E-state index is 11.9. The second-order valence-corrected chi connectivity index (χ2v) is 6.04. The molecule has 18 heavy (non-hydrogen) atoms. The van der Waals surface area contributed by atoms with Crippen molar-refractivity contribution in [2.24, 2.45) is 0 Å². The van der Waals surface area contributed by atoms with Gasteiger partial charge in [-0.05, 0) is 16.5 Å². The molecule has 0 saturated carbocycles. The zero-order chi connectivity index (χ0) is 13.5. The average molecular weight is 266 g/mol. The van der Waals surface area contributed by atoms with Crippen LogP contribution in [0.15, 0.2) is 24.3 Å². The molecule has 0 aliphatic carbocycles. The molecule has 4 heteroatoms. The molecule has 0 spiro atoms. The van der Waals surface area contributed by atoms with E-state index < -0.39 is 17.2 Å². The fraction of sp³-hybridized carbons (Fsp3) is 0.429. The summed E-state index contributed by atoms with van der Waals surface area (Å²) in [5.41, 5.74) is 1.79. The van der Waals surface area contributed by atoms with Gasteiger partial charge in [-0.3, -0.25) is 14.9 Å². The number of alkyl halides is 1. The molecule has 1 aliphatic heterocycles. The maximum Gasteiger partial charge on any atom is 0.245 e. The number of nitrogens with one attached hydrogen (secondary N) is 1. The predicted octanol–water partition coefficient (Wildman–Crippen LogP) is 2.33. The summed E-state index contributed by atoms with van der Waals surface area (Å²) < 4.78 is 0. The molecule has 96 valence electrons. The normalized spacial score (nSPS) is 24.2. The van der Waals surface area contributed by atoms with Crippen molar-refractivity contribution in [3.8, 4) is 0 Å². The van der Waals surface area contributed by atoms with Crippen LogP contribution in [0.5, 0.6) is 0 Å². The molecule has 2 unspecified atom stereocenters. The molecule has 1 aromatic carbocycles. The molecule has 1 N–H and O–H groups in total. The zero-order valence-corrected chi connectivity index (χ0v) is 11.4. The summed E-state index contributed by atoms with van der Waals surface area (Å²) in [7, 11) is 0. The summed E-state index contributed by atoms with van der Waals surface area (Å²) in [4.78, 5) is 23.3. The fourth-order valence-corrected chi connectivity index (χ4v) is 2.61. The van der Waals surface area contributed by atoms with Gasteiger partial charge in [-0.2, -0.15) is 0 Å². The Morgan fingerprint density at radius 3 is 2.22 bits per heavy atom. The molecule has 0 bridgehead atoms. The van der Waals surface area contributed by atoms with Crippen LogP contribution < -0.4 is 5.32 Å². The second kappa shape index (κ2) is 4.39. The molecular formula is C14H16ClNO2. The van der Waals surface area contributed by atoms with Gasteiger partial charge >= 0.3 is 0 Å². The number of carbonyl (C=O) groups excluding carboxylic acids is 2. The van der Waals surface area contributed by atoms with Crippen molar-refractivity contribution in [2.45, 2.75) is 37.5 Å². The molecule has 2 amide bonds. The molecule has 1 aliphatic rings. The predicted molar refractivity (Wildman–Crippen MR) is 70.7 cm³/mol. The lowest BCUT2D eigenvalue weighted by molar-refractivity contribution is -0.125. The number of benzene rings is 1. The number of halogens is 1. The van der Waals surface area contributed by atoms with Crippen molar-refractivity contribution in [1.29, 1.82) is 0 Å². The quantitative estimate of drug-likeness (QED) is 0.626. The Labute approximate surface area is 112 Å². The van der Waals surface area contributed by atoms with E-state index in [9.17, 15) is 9.59 Å². The largest absolute Gasteiger partial charge is 0.295 e. The van der Waals surface area contributed by atoms with Crippen LogP contribution in [-0.2, 0) is 15.0 Å². The van der Waals surface area contributed by atoms with E-state index in [1.807, 2.05) is 24.3 Å². The molecule has 1 heterocycles. The van der Waals surface area contributed by atoms with E-state index in [0.717, 1.165) is 11.1 Å². The number of hydrogen-bond acceptors (Lipinski definition) is 2. The van der Waals surface area contributed by atoms with Gasteiger partial charge in [0.15, 0.2) is 0 Å². The number of carbonyl (C=O) groups is 2. The van der Waals surface area contributed by atoms with Gasteiger partial charge in [-0.15, -0.1) is 11.6 Å². The van der Waals surface area contributed by atoms with Gasteiger partial charge in [0.1, 0.15) is 5.38 Å². The summed E-state index contributed by atoms with van der Waals surface area (Å²) >= 11 is 6.05. The lowest BCUT2D eigenvalue weighted by atomic mass is 9.79. The van der Waals surface area contributed by atoms with Crippen LogP contribution in [0, 0.1) is 0 Å². The van der Waals surface area contributed by atoms with Crippen LogP contribution in [0.1, 0.15) is 37.8 Å². The lowest BCUT2D eigenvalue weighted by Gasteiger charge is -2.25. The second-order valence-electron chi connectivity index (χ2n) is 5.57. The topological polar surface area (TPSA) is 46.2 Å². The molecule has 2 rings (SSSR count). The van der Waals surface area contributed by atoms with Gasteiger partial charge in [0, 0.05) is 0 Å². The highest BCUT2D eigenvalue weighted by Crippen LogP contribution is 2.35. The molecular weight excluding hydrogens is 250 g/mol. The average Bonchev–Trinajstić information content (AvgIpc) is 2.52. The first kappa shape index (κ1) is 13.1. The van der Waals surface area contributed by atoms with Crippen molar-refractivity contribution < 1.29 is 9.59 Å². The minimum Gasteiger partial charge on any atom is -0.295 e. The zero-order valence-electron chi connectivity index (χ0n) is 10.7. The van der Waals surface area contributed by atoms with Gasteiger partial charge in [0.2, 0.25) is 11.8 Å². The maximum absolute atomic E-state index is 11.9. The molecule has 3 nitrogen and oxygen atoms in total. The van der Waals surface area contributed by atoms with Crippen molar-refractivity contribution in [3.63, 3.8) is 0 Å². The minimum atomic E-state index is -0.819. The Hall–Kier alpha value is -1.35. The van der Waals surface area contributed by atoms with Gasteiger partial charge in [-0.25, -0.2) is 0 Å². The van der Waals surface area contributed by atoms with E-state index in [2.05, 4.69) is 26.1 Å². The van der Waals surface area contributed by atoms with E-state index in [0.29, 0.717) is 0 Å². The third-order valence-corrected chi connectivity index (χ3v) is 3.63. The first-order chi connectivity index (χ1) is 8.32.